The summed E-state index contributed by atoms with van der Waals surface area (Å²) in [5.41, 5.74) is 2.60. The second-order valence-corrected chi connectivity index (χ2v) is 6.61. The van der Waals surface area contributed by atoms with Gasteiger partial charge in [-0.3, -0.25) is 0 Å². The zero-order chi connectivity index (χ0) is 22.2. The van der Waals surface area contributed by atoms with Gasteiger partial charge in [0, 0.05) is 16.7 Å². The molecule has 4 aromatic rings. The summed E-state index contributed by atoms with van der Waals surface area (Å²) in [5.74, 6) is 0.328. The molecule has 162 valence electrons. The highest BCUT2D eigenvalue weighted by molar-refractivity contribution is 5.62. The predicted octanol–water partition coefficient (Wildman–Crippen LogP) is 6.29. The SMILES string of the molecule is CC.CCCCc1cn(-c2ccc(-c3nnc(-c4ccccc4C(F)F)o3)cc2)nn1. The summed E-state index contributed by atoms with van der Waals surface area (Å²) in [7, 11) is 0. The molecule has 2 aromatic heterocycles. The van der Waals surface area contributed by atoms with Crippen LogP contribution in [0.5, 0.6) is 0 Å². The van der Waals surface area contributed by atoms with E-state index in [4.69, 9.17) is 4.42 Å². The average molecular weight is 425 g/mol. The molecule has 2 heterocycles. The molecule has 0 aliphatic carbocycles. The van der Waals surface area contributed by atoms with Crippen molar-refractivity contribution >= 4 is 0 Å². The molecule has 0 saturated carbocycles. The molecule has 6 nitrogen and oxygen atoms in total. The molecule has 0 atom stereocenters. The molecule has 0 spiro atoms. The maximum absolute atomic E-state index is 13.2. The minimum atomic E-state index is -2.62. The van der Waals surface area contributed by atoms with Gasteiger partial charge in [0.15, 0.2) is 0 Å². The Morgan fingerprint density at radius 3 is 2.35 bits per heavy atom. The second-order valence-electron chi connectivity index (χ2n) is 6.61. The first kappa shape index (κ1) is 22.3. The van der Waals surface area contributed by atoms with Crippen LogP contribution in [0.3, 0.4) is 0 Å². The molecule has 8 heteroatoms. The number of aromatic nitrogens is 5. The van der Waals surface area contributed by atoms with Crippen molar-refractivity contribution in [3.63, 3.8) is 0 Å². The highest BCUT2D eigenvalue weighted by Gasteiger charge is 2.18. The standard InChI is InChI=1S/C21H19F2N5O.C2H6/c1-2-3-6-15-13-28(27-24-15)16-11-9-14(10-12-16)20-25-26-21(29-20)18-8-5-4-7-17(18)19(22)23;1-2/h4-5,7-13,19H,2-3,6H2,1H3;1-2H3. The van der Waals surface area contributed by atoms with Crippen molar-refractivity contribution in [2.45, 2.75) is 46.5 Å². The normalized spacial score (nSPS) is 10.8. The van der Waals surface area contributed by atoms with E-state index in [-0.39, 0.29) is 22.9 Å². The van der Waals surface area contributed by atoms with Crippen LogP contribution in [0.25, 0.3) is 28.6 Å². The Morgan fingerprint density at radius 2 is 1.65 bits per heavy atom. The third-order valence-corrected chi connectivity index (χ3v) is 4.56. The number of hydrogen-bond donors (Lipinski definition) is 0. The first-order valence-corrected chi connectivity index (χ1v) is 10.4. The highest BCUT2D eigenvalue weighted by atomic mass is 19.3. The van der Waals surface area contributed by atoms with E-state index in [1.54, 1.807) is 22.9 Å². The number of unbranched alkanes of at least 4 members (excludes halogenated alkanes) is 1. The van der Waals surface area contributed by atoms with Gasteiger partial charge in [-0.25, -0.2) is 13.5 Å². The zero-order valence-corrected chi connectivity index (χ0v) is 17.8. The lowest BCUT2D eigenvalue weighted by atomic mass is 10.1. The fourth-order valence-electron chi connectivity index (χ4n) is 2.98. The molecule has 0 radical (unpaired) electrons. The fraction of sp³-hybridized carbons (Fsp3) is 0.304. The van der Waals surface area contributed by atoms with E-state index >= 15 is 0 Å². The second kappa shape index (κ2) is 10.6. The van der Waals surface area contributed by atoms with Crippen molar-refractivity contribution in [1.82, 2.24) is 25.2 Å². The van der Waals surface area contributed by atoms with Crippen LogP contribution in [-0.4, -0.2) is 25.2 Å². The molecule has 2 aromatic carbocycles. The van der Waals surface area contributed by atoms with Gasteiger partial charge in [0.25, 0.3) is 6.43 Å². The molecule has 0 aliphatic heterocycles. The fourth-order valence-corrected chi connectivity index (χ4v) is 2.98. The van der Waals surface area contributed by atoms with Gasteiger partial charge >= 0.3 is 0 Å². The van der Waals surface area contributed by atoms with E-state index in [9.17, 15) is 8.78 Å². The Kier molecular flexibility index (Phi) is 7.59. The van der Waals surface area contributed by atoms with E-state index in [2.05, 4.69) is 27.4 Å². The van der Waals surface area contributed by atoms with Gasteiger partial charge in [0.2, 0.25) is 11.8 Å². The van der Waals surface area contributed by atoms with Gasteiger partial charge in [-0.2, -0.15) is 0 Å². The van der Waals surface area contributed by atoms with E-state index in [0.29, 0.717) is 5.56 Å². The minimum Gasteiger partial charge on any atom is -0.416 e. The lowest BCUT2D eigenvalue weighted by Gasteiger charge is -2.04. The largest absolute Gasteiger partial charge is 0.416 e. The zero-order valence-electron chi connectivity index (χ0n) is 17.8. The molecule has 0 N–H and O–H groups in total. The number of nitrogens with zero attached hydrogens (tertiary/aromatic N) is 5. The topological polar surface area (TPSA) is 69.6 Å². The predicted molar refractivity (Wildman–Crippen MR) is 115 cm³/mol. The first-order valence-electron chi connectivity index (χ1n) is 10.4. The van der Waals surface area contributed by atoms with Crippen LogP contribution in [0.15, 0.2) is 59.1 Å². The molecule has 0 fully saturated rings. The molecule has 4 rings (SSSR count). The smallest absolute Gasteiger partial charge is 0.264 e. The number of alkyl halides is 2. The van der Waals surface area contributed by atoms with Gasteiger partial charge < -0.3 is 4.42 Å². The molecule has 0 bridgehead atoms. The number of hydrogen-bond acceptors (Lipinski definition) is 5. The Hall–Kier alpha value is -3.42. The number of aryl methyl sites for hydroxylation is 1. The van der Waals surface area contributed by atoms with E-state index in [1.165, 1.54) is 6.07 Å². The van der Waals surface area contributed by atoms with E-state index in [1.807, 2.05) is 44.3 Å². The summed E-state index contributed by atoms with van der Waals surface area (Å²) in [6.07, 6.45) is 2.38. The van der Waals surface area contributed by atoms with Crippen molar-refractivity contribution < 1.29 is 13.2 Å². The van der Waals surface area contributed by atoms with Crippen molar-refractivity contribution in [3.05, 3.63) is 66.0 Å². The highest BCUT2D eigenvalue weighted by Crippen LogP contribution is 2.31. The molecular formula is C23H25F2N5O. The lowest BCUT2D eigenvalue weighted by molar-refractivity contribution is 0.152. The van der Waals surface area contributed by atoms with Gasteiger partial charge in [-0.15, -0.1) is 15.3 Å². The van der Waals surface area contributed by atoms with Crippen molar-refractivity contribution in [2.24, 2.45) is 0 Å². The Morgan fingerprint density at radius 1 is 0.935 bits per heavy atom. The molecular weight excluding hydrogens is 400 g/mol. The Bertz CT molecular complexity index is 1090. The van der Waals surface area contributed by atoms with Crippen LogP contribution in [-0.2, 0) is 6.42 Å². The van der Waals surface area contributed by atoms with Crippen molar-refractivity contribution in [2.75, 3.05) is 0 Å². The van der Waals surface area contributed by atoms with Crippen LogP contribution in [0.4, 0.5) is 8.78 Å². The quantitative estimate of drug-likeness (QED) is 0.348. The summed E-state index contributed by atoms with van der Waals surface area (Å²) in [5, 5.41) is 16.3. The Labute approximate surface area is 179 Å². The lowest BCUT2D eigenvalue weighted by Crippen LogP contribution is -1.94. The van der Waals surface area contributed by atoms with Gasteiger partial charge in [0.05, 0.1) is 17.6 Å². The monoisotopic (exact) mass is 425 g/mol. The summed E-state index contributed by atoms with van der Waals surface area (Å²) in [4.78, 5) is 0. The molecule has 0 amide bonds. The first-order chi connectivity index (χ1) is 15.2. The molecule has 0 saturated heterocycles. The summed E-state index contributed by atoms with van der Waals surface area (Å²) < 4.78 is 33.8. The van der Waals surface area contributed by atoms with Gasteiger partial charge in [0.1, 0.15) is 0 Å². The average Bonchev–Trinajstić information content (AvgIpc) is 3.49. The van der Waals surface area contributed by atoms with Crippen LogP contribution in [0.1, 0.15) is 51.3 Å². The minimum absolute atomic E-state index is 0.0665. The summed E-state index contributed by atoms with van der Waals surface area (Å²) >= 11 is 0. The van der Waals surface area contributed by atoms with E-state index in [0.717, 1.165) is 30.6 Å². The molecule has 0 aliphatic rings. The van der Waals surface area contributed by atoms with Crippen LogP contribution >= 0.6 is 0 Å². The van der Waals surface area contributed by atoms with Gasteiger partial charge in [-0.1, -0.05) is 50.6 Å². The molecule has 31 heavy (non-hydrogen) atoms. The maximum atomic E-state index is 13.2. The summed E-state index contributed by atoms with van der Waals surface area (Å²) in [6.45, 7) is 6.14. The maximum Gasteiger partial charge on any atom is 0.264 e. The van der Waals surface area contributed by atoms with Crippen LogP contribution in [0, 0.1) is 0 Å². The van der Waals surface area contributed by atoms with Crippen molar-refractivity contribution in [1.29, 1.82) is 0 Å². The number of halogens is 2. The third kappa shape index (κ3) is 5.20. The molecule has 0 unspecified atom stereocenters. The van der Waals surface area contributed by atoms with Crippen LogP contribution < -0.4 is 0 Å². The van der Waals surface area contributed by atoms with Crippen molar-refractivity contribution in [3.8, 4) is 28.6 Å². The number of rotatable bonds is 7. The van der Waals surface area contributed by atoms with E-state index < -0.39 is 6.43 Å². The third-order valence-electron chi connectivity index (χ3n) is 4.56. The summed E-state index contributed by atoms with van der Waals surface area (Å²) in [6, 6.07) is 13.5. The van der Waals surface area contributed by atoms with Crippen LogP contribution in [0.2, 0.25) is 0 Å². The number of benzene rings is 2. The Balaban J connectivity index is 0.00000132. The van der Waals surface area contributed by atoms with Gasteiger partial charge in [-0.05, 0) is 43.2 Å².